The van der Waals surface area contributed by atoms with Crippen molar-refractivity contribution in [2.45, 2.75) is 5.16 Å². The lowest BCUT2D eigenvalue weighted by molar-refractivity contribution is 0.568. The van der Waals surface area contributed by atoms with Crippen LogP contribution in [0.15, 0.2) is 40.4 Å². The normalized spacial score (nSPS) is 12.1. The van der Waals surface area contributed by atoms with Crippen LogP contribution in [0.2, 0.25) is 0 Å². The summed E-state index contributed by atoms with van der Waals surface area (Å²) in [6.07, 6.45) is 2.57. The van der Waals surface area contributed by atoms with E-state index in [0.29, 0.717) is 4.57 Å². The molecule has 0 bridgehead atoms. The molecule has 24 heavy (non-hydrogen) atoms. The molecule has 1 aromatic carbocycles. The maximum Gasteiger partial charge on any atom is 0.344 e. The van der Waals surface area contributed by atoms with E-state index in [9.17, 15) is 18.1 Å². The number of fused-ring (bicyclic) bond motifs is 1. The molecule has 0 N–H and O–H groups in total. The van der Waals surface area contributed by atoms with Crippen LogP contribution in [0.4, 0.5) is 8.78 Å². The zero-order valence-corrected chi connectivity index (χ0v) is 13.0. The number of nitrogens with zero attached hydrogens (tertiary/aromatic N) is 4. The number of nitriles is 1. The van der Waals surface area contributed by atoms with Crippen molar-refractivity contribution in [3.8, 4) is 11.8 Å². The molecule has 6 nitrogen and oxygen atoms in total. The van der Waals surface area contributed by atoms with E-state index in [4.69, 9.17) is 5.26 Å². The summed E-state index contributed by atoms with van der Waals surface area (Å²) in [4.78, 5) is 20.3. The molecular formula is C15H8F2N4O2S. The van der Waals surface area contributed by atoms with Gasteiger partial charge in [0.25, 0.3) is 5.56 Å². The van der Waals surface area contributed by atoms with Gasteiger partial charge in [-0.15, -0.1) is 0 Å². The molecule has 0 saturated heterocycles. The van der Waals surface area contributed by atoms with E-state index in [-0.39, 0.29) is 21.8 Å². The standard InChI is InChI=1S/C15H8F2N4O2S/c1-24(23)15-19-7-9-5-8(6-18)14(22)21(13(9)20-15)12-10(16)3-2-4-11(12)17/h2-5,7H,1H3. The van der Waals surface area contributed by atoms with Crippen LogP contribution in [0, 0.1) is 23.0 Å². The van der Waals surface area contributed by atoms with Gasteiger partial charge < -0.3 is 4.55 Å². The summed E-state index contributed by atoms with van der Waals surface area (Å²) in [7, 11) is 0. The number of para-hydroxylation sites is 1. The molecule has 0 saturated carbocycles. The molecule has 3 aromatic rings. The highest BCUT2D eigenvalue weighted by Crippen LogP contribution is 2.21. The number of rotatable bonds is 2. The fourth-order valence-corrected chi connectivity index (χ4v) is 2.63. The lowest BCUT2D eigenvalue weighted by Gasteiger charge is -2.12. The SMILES string of the molecule is C[S+]([O-])c1ncc2cc(C#N)c(=O)n(-c3c(F)cccc3F)c2n1. The summed E-state index contributed by atoms with van der Waals surface area (Å²) in [5.74, 6) is -1.99. The molecule has 2 heterocycles. The average Bonchev–Trinajstić information content (AvgIpc) is 2.55. The predicted molar refractivity (Wildman–Crippen MR) is 82.1 cm³/mol. The van der Waals surface area contributed by atoms with Gasteiger partial charge in [0.2, 0.25) is 0 Å². The van der Waals surface area contributed by atoms with E-state index in [2.05, 4.69) is 9.97 Å². The molecule has 0 spiro atoms. The van der Waals surface area contributed by atoms with Crippen molar-refractivity contribution in [3.63, 3.8) is 0 Å². The summed E-state index contributed by atoms with van der Waals surface area (Å²) >= 11 is -1.56. The monoisotopic (exact) mass is 346 g/mol. The van der Waals surface area contributed by atoms with E-state index in [0.717, 1.165) is 18.2 Å². The molecule has 0 radical (unpaired) electrons. The van der Waals surface area contributed by atoms with E-state index >= 15 is 0 Å². The fourth-order valence-electron chi connectivity index (χ4n) is 2.21. The van der Waals surface area contributed by atoms with Gasteiger partial charge >= 0.3 is 5.16 Å². The van der Waals surface area contributed by atoms with Gasteiger partial charge in [-0.25, -0.2) is 8.78 Å². The lowest BCUT2D eigenvalue weighted by atomic mass is 10.2. The largest absolute Gasteiger partial charge is 0.609 e. The lowest BCUT2D eigenvalue weighted by Crippen LogP contribution is -2.24. The minimum absolute atomic E-state index is 0.0999. The number of benzene rings is 1. The van der Waals surface area contributed by atoms with Gasteiger partial charge in [-0.3, -0.25) is 9.36 Å². The van der Waals surface area contributed by atoms with E-state index < -0.39 is 34.1 Å². The van der Waals surface area contributed by atoms with E-state index in [1.54, 1.807) is 6.07 Å². The van der Waals surface area contributed by atoms with Crippen molar-refractivity contribution in [2.75, 3.05) is 6.26 Å². The molecule has 3 rings (SSSR count). The smallest absolute Gasteiger partial charge is 0.344 e. The van der Waals surface area contributed by atoms with Crippen LogP contribution in [-0.4, -0.2) is 25.3 Å². The molecule has 2 aromatic heterocycles. The second kappa shape index (κ2) is 5.99. The molecule has 9 heteroatoms. The Morgan fingerprint density at radius 3 is 2.58 bits per heavy atom. The molecule has 120 valence electrons. The van der Waals surface area contributed by atoms with Gasteiger partial charge in [0.15, 0.2) is 5.65 Å². The first-order chi connectivity index (χ1) is 11.4. The van der Waals surface area contributed by atoms with Crippen molar-refractivity contribution in [2.24, 2.45) is 0 Å². The van der Waals surface area contributed by atoms with Crippen LogP contribution < -0.4 is 5.56 Å². The highest BCUT2D eigenvalue weighted by atomic mass is 32.2. The molecular weight excluding hydrogens is 338 g/mol. The third kappa shape index (κ3) is 2.51. The second-order valence-electron chi connectivity index (χ2n) is 4.77. The van der Waals surface area contributed by atoms with E-state index in [1.807, 2.05) is 0 Å². The molecule has 0 aliphatic heterocycles. The van der Waals surface area contributed by atoms with E-state index in [1.165, 1.54) is 18.5 Å². The predicted octanol–water partition coefficient (Wildman–Crippen LogP) is 1.67. The number of pyridine rings is 1. The quantitative estimate of drug-likeness (QED) is 0.520. The van der Waals surface area contributed by atoms with Gasteiger partial charge in [-0.05, 0) is 18.2 Å². The Labute approximate surface area is 137 Å². The van der Waals surface area contributed by atoms with Crippen LogP contribution in [0.5, 0.6) is 0 Å². The zero-order chi connectivity index (χ0) is 17.4. The molecule has 0 amide bonds. The van der Waals surface area contributed by atoms with Gasteiger partial charge in [-0.2, -0.15) is 15.2 Å². The third-order valence-electron chi connectivity index (χ3n) is 3.26. The molecule has 0 fully saturated rings. The summed E-state index contributed by atoms with van der Waals surface area (Å²) in [5, 5.41) is 9.20. The number of aromatic nitrogens is 3. The Morgan fingerprint density at radius 1 is 1.33 bits per heavy atom. The first kappa shape index (κ1) is 16.0. The van der Waals surface area contributed by atoms with Gasteiger partial charge in [0.1, 0.15) is 35.2 Å². The van der Waals surface area contributed by atoms with Gasteiger partial charge in [0, 0.05) is 22.8 Å². The zero-order valence-electron chi connectivity index (χ0n) is 12.2. The molecule has 0 aliphatic rings. The molecule has 1 unspecified atom stereocenters. The highest BCUT2D eigenvalue weighted by Gasteiger charge is 2.20. The summed E-state index contributed by atoms with van der Waals surface area (Å²) in [5.41, 5.74) is -2.04. The minimum atomic E-state index is -1.56. The minimum Gasteiger partial charge on any atom is -0.609 e. The Hall–Kier alpha value is -2.83. The first-order valence-corrected chi connectivity index (χ1v) is 8.10. The summed E-state index contributed by atoms with van der Waals surface area (Å²) in [6, 6.07) is 6.01. The highest BCUT2D eigenvalue weighted by molar-refractivity contribution is 7.90. The fraction of sp³-hybridized carbons (Fsp3) is 0.0667. The summed E-state index contributed by atoms with van der Waals surface area (Å²) < 4.78 is 40.5. The van der Waals surface area contributed by atoms with Crippen molar-refractivity contribution in [1.29, 1.82) is 5.26 Å². The Bertz CT molecular complexity index is 1040. The van der Waals surface area contributed by atoms with Crippen LogP contribution in [-0.2, 0) is 11.2 Å². The first-order valence-electron chi connectivity index (χ1n) is 6.54. The van der Waals surface area contributed by atoms with Gasteiger partial charge in [0.05, 0.1) is 0 Å². The third-order valence-corrected chi connectivity index (χ3v) is 3.97. The number of hydrogen-bond acceptors (Lipinski definition) is 5. The number of halogens is 2. The molecule has 1 atom stereocenters. The summed E-state index contributed by atoms with van der Waals surface area (Å²) in [6.45, 7) is 0. The van der Waals surface area contributed by atoms with Crippen molar-refractivity contribution in [1.82, 2.24) is 14.5 Å². The van der Waals surface area contributed by atoms with Crippen molar-refractivity contribution >= 4 is 22.2 Å². The topological polar surface area (TPSA) is 94.6 Å². The van der Waals surface area contributed by atoms with Crippen molar-refractivity contribution in [3.05, 3.63) is 58.0 Å². The average molecular weight is 346 g/mol. The number of hydrogen-bond donors (Lipinski definition) is 0. The Morgan fingerprint density at radius 2 is 2.00 bits per heavy atom. The molecule has 0 aliphatic carbocycles. The van der Waals surface area contributed by atoms with Gasteiger partial charge in [-0.1, -0.05) is 6.07 Å². The van der Waals surface area contributed by atoms with Crippen LogP contribution in [0.25, 0.3) is 16.7 Å². The maximum absolute atomic E-state index is 14.2. The maximum atomic E-state index is 14.2. The van der Waals surface area contributed by atoms with Crippen LogP contribution in [0.1, 0.15) is 5.56 Å². The Balaban J connectivity index is 2.53. The van der Waals surface area contributed by atoms with Crippen LogP contribution >= 0.6 is 0 Å². The van der Waals surface area contributed by atoms with Crippen LogP contribution in [0.3, 0.4) is 0 Å². The van der Waals surface area contributed by atoms with Crippen molar-refractivity contribution < 1.29 is 13.3 Å². The second-order valence-corrected chi connectivity index (χ2v) is 6.04. The Kier molecular flexibility index (Phi) is 4.01.